The number of aliphatic carboxylic acids is 1. The van der Waals surface area contributed by atoms with E-state index in [4.69, 9.17) is 28.4 Å². The molecule has 3 saturated heterocycles. The van der Waals surface area contributed by atoms with E-state index >= 15 is 0 Å². The minimum Gasteiger partial charge on any atom is -0.477 e. The molecule has 23 nitrogen and oxygen atoms in total. The maximum Gasteiger partial charge on any atom is 0.364 e. The lowest BCUT2D eigenvalue weighted by Crippen LogP contribution is -2.70. The average molecular weight is 1450 g/mol. The molecule has 101 heavy (non-hydrogen) atoms. The number of carboxylic acids is 1. The van der Waals surface area contributed by atoms with E-state index in [2.05, 4.69) is 48.8 Å². The Balaban J connectivity index is 1.48. The minimum absolute atomic E-state index is 0.225. The summed E-state index contributed by atoms with van der Waals surface area (Å²) in [6, 6.07) is -2.53. The first-order valence-electron chi connectivity index (χ1n) is 40.2. The topological polar surface area (TPSA) is 373 Å². The second kappa shape index (κ2) is 57.4. The molecule has 0 aromatic rings. The molecular weight excluding hydrogens is 1300 g/mol. The summed E-state index contributed by atoms with van der Waals surface area (Å²) in [4.78, 5) is 38.7. The first-order valence-corrected chi connectivity index (χ1v) is 40.2. The molecule has 0 aromatic carbocycles. The van der Waals surface area contributed by atoms with Crippen molar-refractivity contribution in [1.82, 2.24) is 10.6 Å². The Labute approximate surface area is 606 Å². The van der Waals surface area contributed by atoms with E-state index in [-0.39, 0.29) is 18.9 Å². The van der Waals surface area contributed by atoms with Gasteiger partial charge in [0.05, 0.1) is 50.7 Å². The second-order valence-electron chi connectivity index (χ2n) is 29.3. The molecule has 0 aromatic heterocycles. The van der Waals surface area contributed by atoms with E-state index in [0.717, 1.165) is 64.7 Å². The van der Waals surface area contributed by atoms with Crippen molar-refractivity contribution in [2.45, 2.75) is 426 Å². The average Bonchev–Trinajstić information content (AvgIpc) is 0.756. The molecule has 3 rings (SSSR count). The monoisotopic (exact) mass is 1450 g/mol. The number of amides is 2. The van der Waals surface area contributed by atoms with Gasteiger partial charge in [-0.25, -0.2) is 4.79 Å². The van der Waals surface area contributed by atoms with Crippen molar-refractivity contribution < 1.29 is 104 Å². The van der Waals surface area contributed by atoms with Crippen LogP contribution in [0.15, 0.2) is 24.3 Å². The SMILES string of the molecule is CCCCCCCCCCC/C=C\C/C=C\CCCCCCCCCCCCCCCCCC(=O)NC(COC1OC(CO)C(OC2OC(CO)C(O)C(OC3(C(=O)O)CC(O)C(NC(C)=O)C(C(O)C(O)CO)O3)C2O)C(O)C1O)C(O)CCCCCCCCCCCCCCCCCC. The molecular formula is C78H144N2O21. The third-order valence-electron chi connectivity index (χ3n) is 20.4. The van der Waals surface area contributed by atoms with Crippen LogP contribution in [0, 0.1) is 0 Å². The molecule has 0 aliphatic carbocycles. The number of aliphatic hydroxyl groups excluding tert-OH is 11. The minimum atomic E-state index is -3.08. The maximum absolute atomic E-state index is 13.5. The van der Waals surface area contributed by atoms with E-state index in [0.29, 0.717) is 19.3 Å². The molecule has 0 bridgehead atoms. The van der Waals surface area contributed by atoms with E-state index < -0.39 is 148 Å². The molecule has 18 atom stereocenters. The zero-order valence-electron chi connectivity index (χ0n) is 62.5. The van der Waals surface area contributed by atoms with Gasteiger partial charge in [0.25, 0.3) is 5.79 Å². The number of ether oxygens (including phenoxy) is 6. The van der Waals surface area contributed by atoms with Crippen LogP contribution in [0.1, 0.15) is 316 Å². The van der Waals surface area contributed by atoms with Gasteiger partial charge in [0.15, 0.2) is 12.6 Å². The van der Waals surface area contributed by atoms with Gasteiger partial charge in [-0.3, -0.25) is 9.59 Å². The summed E-state index contributed by atoms with van der Waals surface area (Å²) in [6.07, 6.45) is 33.2. The van der Waals surface area contributed by atoms with Crippen LogP contribution in [-0.4, -0.2) is 215 Å². The molecule has 18 unspecified atom stereocenters. The Morgan fingerprint density at radius 1 is 0.515 bits per heavy atom. The largest absolute Gasteiger partial charge is 0.477 e. The zero-order valence-corrected chi connectivity index (χ0v) is 62.5. The van der Waals surface area contributed by atoms with Crippen molar-refractivity contribution in [2.24, 2.45) is 0 Å². The van der Waals surface area contributed by atoms with Crippen LogP contribution >= 0.6 is 0 Å². The van der Waals surface area contributed by atoms with Gasteiger partial charge in [-0.1, -0.05) is 276 Å². The van der Waals surface area contributed by atoms with Crippen molar-refractivity contribution in [2.75, 3.05) is 26.4 Å². The van der Waals surface area contributed by atoms with Gasteiger partial charge < -0.3 is 100 Å². The van der Waals surface area contributed by atoms with Crippen LogP contribution in [0.4, 0.5) is 0 Å². The van der Waals surface area contributed by atoms with Crippen LogP contribution in [0.2, 0.25) is 0 Å². The summed E-state index contributed by atoms with van der Waals surface area (Å²) in [7, 11) is 0. The Hall–Kier alpha value is -2.79. The molecule has 3 heterocycles. The Morgan fingerprint density at radius 3 is 1.39 bits per heavy atom. The third-order valence-corrected chi connectivity index (χ3v) is 20.4. The number of rotatable bonds is 63. The van der Waals surface area contributed by atoms with Gasteiger partial charge in [0.1, 0.15) is 67.1 Å². The van der Waals surface area contributed by atoms with Gasteiger partial charge >= 0.3 is 5.97 Å². The quantitative estimate of drug-likeness (QED) is 0.0199. The van der Waals surface area contributed by atoms with Gasteiger partial charge in [0.2, 0.25) is 11.8 Å². The predicted octanol–water partition coefficient (Wildman–Crippen LogP) is 10.4. The molecule has 0 radical (unpaired) electrons. The molecule has 0 saturated carbocycles. The van der Waals surface area contributed by atoms with Crippen molar-refractivity contribution in [3.8, 4) is 0 Å². The lowest BCUT2D eigenvalue weighted by molar-refractivity contribution is -0.386. The highest BCUT2D eigenvalue weighted by Gasteiger charge is 2.60. The molecule has 3 fully saturated rings. The van der Waals surface area contributed by atoms with Crippen molar-refractivity contribution in [3.05, 3.63) is 24.3 Å². The van der Waals surface area contributed by atoms with Crippen LogP contribution in [0.3, 0.4) is 0 Å². The van der Waals surface area contributed by atoms with Crippen molar-refractivity contribution in [1.29, 1.82) is 0 Å². The van der Waals surface area contributed by atoms with E-state index in [1.165, 1.54) is 205 Å². The highest BCUT2D eigenvalue weighted by molar-refractivity contribution is 5.77. The number of unbranched alkanes of at least 4 members (excludes halogenated alkanes) is 39. The highest BCUT2D eigenvalue weighted by Crippen LogP contribution is 2.39. The molecule has 3 aliphatic rings. The second-order valence-corrected chi connectivity index (χ2v) is 29.3. The highest BCUT2D eigenvalue weighted by atomic mass is 16.8. The fourth-order valence-electron chi connectivity index (χ4n) is 14.0. The van der Waals surface area contributed by atoms with Gasteiger partial charge in [-0.15, -0.1) is 0 Å². The number of allylic oxidation sites excluding steroid dienone is 4. The Morgan fingerprint density at radius 2 is 0.950 bits per heavy atom. The fraction of sp³-hybridized carbons (Fsp3) is 0.910. The van der Waals surface area contributed by atoms with Crippen molar-refractivity contribution in [3.63, 3.8) is 0 Å². The van der Waals surface area contributed by atoms with Gasteiger partial charge in [0, 0.05) is 19.8 Å². The number of carbonyl (C=O) groups is 3. The molecule has 0 spiro atoms. The first kappa shape index (κ1) is 92.4. The Kier molecular flexibility index (Phi) is 52.5. The molecule has 14 N–H and O–H groups in total. The molecule has 2 amide bonds. The summed E-state index contributed by atoms with van der Waals surface area (Å²) in [5, 5.41) is 136. The van der Waals surface area contributed by atoms with Crippen LogP contribution in [0.25, 0.3) is 0 Å². The summed E-state index contributed by atoms with van der Waals surface area (Å²) in [6.45, 7) is 2.24. The molecule has 592 valence electrons. The van der Waals surface area contributed by atoms with Crippen LogP contribution in [0.5, 0.6) is 0 Å². The lowest BCUT2D eigenvalue weighted by atomic mass is 9.88. The molecule has 23 heteroatoms. The summed E-state index contributed by atoms with van der Waals surface area (Å²) >= 11 is 0. The van der Waals surface area contributed by atoms with E-state index in [1.807, 2.05) is 0 Å². The fourth-order valence-corrected chi connectivity index (χ4v) is 14.0. The lowest BCUT2D eigenvalue weighted by Gasteiger charge is -2.50. The van der Waals surface area contributed by atoms with Crippen molar-refractivity contribution >= 4 is 17.8 Å². The third kappa shape index (κ3) is 38.0. The number of hydrogen-bond acceptors (Lipinski definition) is 20. The number of hydrogen-bond donors (Lipinski definition) is 14. The number of carbonyl (C=O) groups excluding carboxylic acids is 2. The van der Waals surface area contributed by atoms with Gasteiger partial charge in [-0.2, -0.15) is 0 Å². The zero-order chi connectivity index (χ0) is 73.9. The van der Waals surface area contributed by atoms with Gasteiger partial charge in [-0.05, 0) is 44.9 Å². The Bertz CT molecular complexity index is 2110. The molecule has 3 aliphatic heterocycles. The standard InChI is InChI=1S/C78H144N2O21/c1-4-6-8-10-12-14-16-18-20-22-23-24-25-26-27-28-29-30-31-32-33-34-35-36-38-40-42-44-46-48-50-52-65(88)80-59(60(85)51-49-47-45-43-41-39-37-21-19-17-15-13-11-9-7-5-2)57-96-75-70(92)69(91)72(64(56-83)98-75)99-76-71(93)74(68(90)63(55-82)97-76)101-78(77(94)95)53-61(86)66(79-58(3)84)73(100-78)67(89)62(87)54-81/h23-24,26-27,59-64,66-76,81-83,85-87,89-93H,4-22,25,28-57H2,1-3H3,(H,79,84)(H,80,88)(H,94,95)/b24-23-,27-26-. The van der Waals surface area contributed by atoms with Crippen LogP contribution < -0.4 is 10.6 Å². The number of aliphatic hydroxyl groups is 11. The number of carboxylic acid groups (broad SMARTS) is 1. The maximum atomic E-state index is 13.5. The van der Waals surface area contributed by atoms with Crippen LogP contribution in [-0.2, 0) is 42.8 Å². The predicted molar refractivity (Wildman–Crippen MR) is 389 cm³/mol. The normalized spacial score (nSPS) is 26.9. The van der Waals surface area contributed by atoms with E-state index in [1.54, 1.807) is 0 Å². The first-order chi connectivity index (χ1) is 48.9. The van der Waals surface area contributed by atoms with E-state index in [9.17, 15) is 75.7 Å². The summed E-state index contributed by atoms with van der Waals surface area (Å²) < 4.78 is 34.9. The number of nitrogens with one attached hydrogen (secondary N) is 2. The smallest absolute Gasteiger partial charge is 0.364 e. The summed E-state index contributed by atoms with van der Waals surface area (Å²) in [5.41, 5.74) is 0. The summed E-state index contributed by atoms with van der Waals surface area (Å²) in [5.74, 6) is -6.10.